The summed E-state index contributed by atoms with van der Waals surface area (Å²) < 4.78 is 10.3. The number of hydrogen-bond acceptors (Lipinski definition) is 6. The van der Waals surface area contributed by atoms with E-state index in [-0.39, 0.29) is 17.9 Å². The molecule has 0 aliphatic carbocycles. The van der Waals surface area contributed by atoms with Gasteiger partial charge in [-0.1, -0.05) is 35.0 Å². The summed E-state index contributed by atoms with van der Waals surface area (Å²) in [6, 6.07) is 8.31. The number of ether oxygens (including phenoxy) is 1. The van der Waals surface area contributed by atoms with E-state index >= 15 is 0 Å². The van der Waals surface area contributed by atoms with Gasteiger partial charge < -0.3 is 14.3 Å². The van der Waals surface area contributed by atoms with Crippen LogP contribution < -0.4 is 0 Å². The second-order valence-electron chi connectivity index (χ2n) is 5.09. The highest BCUT2D eigenvalue weighted by Gasteiger charge is 2.33. The number of furan rings is 1. The van der Waals surface area contributed by atoms with Crippen LogP contribution in [-0.2, 0) is 9.53 Å². The molecule has 1 N–H and O–H groups in total. The normalized spacial score (nSPS) is 17.3. The van der Waals surface area contributed by atoms with Gasteiger partial charge in [-0.3, -0.25) is 0 Å². The van der Waals surface area contributed by atoms with Crippen molar-refractivity contribution in [2.24, 2.45) is 4.99 Å². The zero-order valence-electron chi connectivity index (χ0n) is 13.5. The summed E-state index contributed by atoms with van der Waals surface area (Å²) in [5.41, 5.74) is 0.497. The Morgan fingerprint density at radius 1 is 1.35 bits per heavy atom. The minimum atomic E-state index is -0.654. The largest absolute Gasteiger partial charge is 0.506 e. The maximum atomic E-state index is 12.3. The van der Waals surface area contributed by atoms with Crippen molar-refractivity contribution in [1.82, 2.24) is 0 Å². The van der Waals surface area contributed by atoms with Crippen molar-refractivity contribution in [1.29, 1.82) is 0 Å². The van der Waals surface area contributed by atoms with Gasteiger partial charge in [-0.2, -0.15) is 0 Å². The van der Waals surface area contributed by atoms with Gasteiger partial charge in [0, 0.05) is 0 Å². The lowest BCUT2D eigenvalue weighted by atomic mass is 10.2. The highest BCUT2D eigenvalue weighted by Crippen LogP contribution is 2.40. The number of aliphatic hydroxyl groups is 1. The van der Waals surface area contributed by atoms with Gasteiger partial charge in [-0.15, -0.1) is 0 Å². The second kappa shape index (κ2) is 8.03. The molecule has 1 aliphatic rings. The lowest BCUT2D eigenvalue weighted by Crippen LogP contribution is -2.12. The first-order valence-corrected chi connectivity index (χ1v) is 9.14. The highest BCUT2D eigenvalue weighted by molar-refractivity contribution is 8.18. The Balaban J connectivity index is 2.04. The third-order valence-electron chi connectivity index (χ3n) is 3.32. The molecule has 0 unspecified atom stereocenters. The number of esters is 1. The number of aliphatic hydroxyl groups excluding tert-OH is 1. The van der Waals surface area contributed by atoms with Gasteiger partial charge in [0.25, 0.3) is 0 Å². The number of carbonyl (C=O) groups excluding carboxylic acids is 1. The molecule has 0 saturated heterocycles. The summed E-state index contributed by atoms with van der Waals surface area (Å²) in [6.45, 7) is 1.87. The van der Waals surface area contributed by atoms with E-state index in [1.807, 2.05) is 0 Å². The number of thioether (sulfide) groups is 1. The SMILES string of the molecule is CCOC(=O)C1=C(O)/C(=C\c2ccco2)SC1=Nc1ccc(Cl)c(Cl)c1. The van der Waals surface area contributed by atoms with Crippen molar-refractivity contribution in [3.63, 3.8) is 0 Å². The van der Waals surface area contributed by atoms with Crippen LogP contribution in [0.1, 0.15) is 12.7 Å². The Morgan fingerprint density at radius 3 is 2.81 bits per heavy atom. The van der Waals surface area contributed by atoms with Crippen LogP contribution in [0.15, 0.2) is 62.2 Å². The molecule has 134 valence electrons. The Morgan fingerprint density at radius 2 is 2.15 bits per heavy atom. The lowest BCUT2D eigenvalue weighted by Gasteiger charge is -2.04. The molecule has 0 radical (unpaired) electrons. The minimum absolute atomic E-state index is 0.000675. The standard InChI is InChI=1S/C18H13Cl2NO4S/c1-2-24-18(23)15-16(22)14(9-11-4-3-7-25-11)26-17(15)21-10-5-6-12(19)13(20)8-10/h3-9,22H,2H2,1H3/b14-9+,21-17?. The molecular formula is C18H13Cl2NO4S. The molecular weight excluding hydrogens is 397 g/mol. The van der Waals surface area contributed by atoms with Crippen LogP contribution in [0.25, 0.3) is 6.08 Å². The van der Waals surface area contributed by atoms with E-state index in [0.717, 1.165) is 11.8 Å². The number of benzene rings is 1. The molecule has 0 atom stereocenters. The quantitative estimate of drug-likeness (QED) is 0.647. The Labute approximate surface area is 164 Å². The monoisotopic (exact) mass is 409 g/mol. The van der Waals surface area contributed by atoms with E-state index in [1.165, 1.54) is 6.26 Å². The molecule has 0 fully saturated rings. The number of aliphatic imine (C=N–C) groups is 1. The maximum absolute atomic E-state index is 12.3. The number of carbonyl (C=O) groups is 1. The van der Waals surface area contributed by atoms with Crippen LogP contribution in [0.3, 0.4) is 0 Å². The zero-order chi connectivity index (χ0) is 18.7. The van der Waals surface area contributed by atoms with Crippen molar-refractivity contribution in [3.8, 4) is 0 Å². The van der Waals surface area contributed by atoms with Crippen molar-refractivity contribution < 1.29 is 19.1 Å². The number of halogens is 2. The topological polar surface area (TPSA) is 72.0 Å². The van der Waals surface area contributed by atoms with Gasteiger partial charge in [0.15, 0.2) is 0 Å². The summed E-state index contributed by atoms with van der Waals surface area (Å²) in [4.78, 5) is 17.1. The molecule has 2 heterocycles. The van der Waals surface area contributed by atoms with Crippen LogP contribution in [0, 0.1) is 0 Å². The van der Waals surface area contributed by atoms with Crippen LogP contribution in [0.2, 0.25) is 10.0 Å². The zero-order valence-corrected chi connectivity index (χ0v) is 15.9. The molecule has 2 aromatic rings. The van der Waals surface area contributed by atoms with Gasteiger partial charge in [0.2, 0.25) is 0 Å². The number of nitrogens with zero attached hydrogens (tertiary/aromatic N) is 1. The fourth-order valence-electron chi connectivity index (χ4n) is 2.17. The summed E-state index contributed by atoms with van der Waals surface area (Å²) >= 11 is 13.1. The molecule has 0 spiro atoms. The van der Waals surface area contributed by atoms with E-state index in [9.17, 15) is 9.90 Å². The predicted octanol–water partition coefficient (Wildman–Crippen LogP) is 5.78. The van der Waals surface area contributed by atoms with Crippen LogP contribution in [-0.4, -0.2) is 22.7 Å². The number of rotatable bonds is 4. The first-order valence-electron chi connectivity index (χ1n) is 7.57. The maximum Gasteiger partial charge on any atom is 0.344 e. The molecule has 0 amide bonds. The van der Waals surface area contributed by atoms with E-state index in [1.54, 1.807) is 43.3 Å². The molecule has 1 aromatic carbocycles. The molecule has 8 heteroatoms. The van der Waals surface area contributed by atoms with Crippen molar-refractivity contribution in [2.75, 3.05) is 6.61 Å². The molecule has 0 saturated carbocycles. The summed E-state index contributed by atoms with van der Waals surface area (Å²) in [5.74, 6) is -0.319. The van der Waals surface area contributed by atoms with Gasteiger partial charge in [-0.05, 0) is 43.3 Å². The smallest absolute Gasteiger partial charge is 0.344 e. The Bertz CT molecular complexity index is 933. The summed E-state index contributed by atoms with van der Waals surface area (Å²) in [7, 11) is 0. The van der Waals surface area contributed by atoms with E-state index < -0.39 is 5.97 Å². The van der Waals surface area contributed by atoms with Crippen LogP contribution in [0.4, 0.5) is 5.69 Å². The molecule has 0 bridgehead atoms. The van der Waals surface area contributed by atoms with Gasteiger partial charge in [0.05, 0.1) is 33.5 Å². The first kappa shape index (κ1) is 18.6. The minimum Gasteiger partial charge on any atom is -0.506 e. The van der Waals surface area contributed by atoms with Gasteiger partial charge in [-0.25, -0.2) is 9.79 Å². The third kappa shape index (κ3) is 3.98. The summed E-state index contributed by atoms with van der Waals surface area (Å²) in [5, 5.41) is 11.6. The van der Waals surface area contributed by atoms with Crippen molar-refractivity contribution >= 4 is 57.7 Å². The lowest BCUT2D eigenvalue weighted by molar-refractivity contribution is -0.138. The van der Waals surface area contributed by atoms with Gasteiger partial charge in [0.1, 0.15) is 22.1 Å². The number of hydrogen-bond donors (Lipinski definition) is 1. The fraction of sp³-hybridized carbons (Fsp3) is 0.111. The summed E-state index contributed by atoms with van der Waals surface area (Å²) in [6.07, 6.45) is 3.14. The molecule has 26 heavy (non-hydrogen) atoms. The Hall–Kier alpha value is -2.15. The average molecular weight is 410 g/mol. The van der Waals surface area contributed by atoms with Crippen molar-refractivity contribution in [2.45, 2.75) is 6.92 Å². The fourth-order valence-corrected chi connectivity index (χ4v) is 3.47. The highest BCUT2D eigenvalue weighted by atomic mass is 35.5. The van der Waals surface area contributed by atoms with Crippen LogP contribution >= 0.6 is 35.0 Å². The molecule has 5 nitrogen and oxygen atoms in total. The van der Waals surface area contributed by atoms with E-state index in [0.29, 0.717) is 31.4 Å². The third-order valence-corrected chi connectivity index (χ3v) is 5.08. The van der Waals surface area contributed by atoms with E-state index in [2.05, 4.69) is 4.99 Å². The second-order valence-corrected chi connectivity index (χ2v) is 6.93. The van der Waals surface area contributed by atoms with Crippen LogP contribution in [0.5, 0.6) is 0 Å². The van der Waals surface area contributed by atoms with Crippen molar-refractivity contribution in [3.05, 3.63) is 68.6 Å². The first-order chi connectivity index (χ1) is 12.5. The van der Waals surface area contributed by atoms with Gasteiger partial charge >= 0.3 is 5.97 Å². The molecule has 1 aromatic heterocycles. The Kier molecular flexibility index (Phi) is 5.76. The van der Waals surface area contributed by atoms with E-state index in [4.69, 9.17) is 32.4 Å². The average Bonchev–Trinajstić information content (AvgIpc) is 3.20. The molecule has 1 aliphatic heterocycles. The predicted molar refractivity (Wildman–Crippen MR) is 104 cm³/mol. The molecule has 3 rings (SSSR count).